The summed E-state index contributed by atoms with van der Waals surface area (Å²) in [7, 11) is 0. The number of amides is 3. The number of nitrogens with two attached hydrogens (primary N) is 1. The first-order valence-corrected chi connectivity index (χ1v) is 10.7. The van der Waals surface area contributed by atoms with E-state index in [0.717, 1.165) is 0 Å². The molecule has 8 N–H and O–H groups in total. The lowest BCUT2D eigenvalue weighted by atomic mass is 10.0. The van der Waals surface area contributed by atoms with Gasteiger partial charge < -0.3 is 37.0 Å². The van der Waals surface area contributed by atoms with Crippen molar-refractivity contribution < 1.29 is 34.5 Å². The highest BCUT2D eigenvalue weighted by molar-refractivity contribution is 5.94. The number of carboxylic acid groups (broad SMARTS) is 1. The number of rotatable bonds is 12. The van der Waals surface area contributed by atoms with Crippen LogP contribution in [0.5, 0.6) is 5.75 Å². The summed E-state index contributed by atoms with van der Waals surface area (Å²) in [6.45, 7) is 6.42. The maximum absolute atomic E-state index is 12.8. The molecular weight excluding hydrogens is 432 g/mol. The fraction of sp³-hybridized carbons (Fsp3) is 0.545. The van der Waals surface area contributed by atoms with Crippen molar-refractivity contribution in [1.29, 1.82) is 0 Å². The molecule has 0 spiro atoms. The van der Waals surface area contributed by atoms with E-state index in [0.29, 0.717) is 5.56 Å². The standard InChI is InChI=1S/C22H34N4O7/c1-11(2)9-16(25-19(29)12(3)24-21(31)18(23)13(4)27)20(30)26-17(22(32)33)10-14-5-7-15(28)8-6-14/h5-8,11-13,16-18,27-28H,9-10,23H2,1-4H3,(H,24,31)(H,25,29)(H,26,30)(H,32,33). The average molecular weight is 467 g/mol. The summed E-state index contributed by atoms with van der Waals surface area (Å²) in [5, 5.41) is 35.7. The van der Waals surface area contributed by atoms with Crippen LogP contribution in [0.2, 0.25) is 0 Å². The van der Waals surface area contributed by atoms with Gasteiger partial charge in [-0.3, -0.25) is 14.4 Å². The molecule has 5 unspecified atom stereocenters. The molecule has 0 aliphatic rings. The Balaban J connectivity index is 2.86. The van der Waals surface area contributed by atoms with Crippen molar-refractivity contribution in [2.45, 2.75) is 70.8 Å². The van der Waals surface area contributed by atoms with E-state index in [1.54, 1.807) is 12.1 Å². The molecule has 0 heterocycles. The Hall–Kier alpha value is -3.18. The van der Waals surface area contributed by atoms with Crippen molar-refractivity contribution in [3.8, 4) is 5.75 Å². The first-order valence-electron chi connectivity index (χ1n) is 10.7. The van der Waals surface area contributed by atoms with E-state index in [4.69, 9.17) is 5.73 Å². The number of hydrogen-bond donors (Lipinski definition) is 7. The largest absolute Gasteiger partial charge is 0.508 e. The first-order chi connectivity index (χ1) is 15.3. The van der Waals surface area contributed by atoms with Gasteiger partial charge in [-0.1, -0.05) is 26.0 Å². The topological polar surface area (TPSA) is 191 Å². The molecule has 0 aliphatic carbocycles. The number of aliphatic hydroxyl groups is 1. The molecule has 5 atom stereocenters. The molecule has 0 aliphatic heterocycles. The van der Waals surface area contributed by atoms with Gasteiger partial charge >= 0.3 is 5.97 Å². The van der Waals surface area contributed by atoms with Crippen LogP contribution in [0.25, 0.3) is 0 Å². The van der Waals surface area contributed by atoms with E-state index in [9.17, 15) is 34.5 Å². The fourth-order valence-electron chi connectivity index (χ4n) is 2.93. The van der Waals surface area contributed by atoms with Crippen LogP contribution in [-0.4, -0.2) is 69.3 Å². The van der Waals surface area contributed by atoms with Gasteiger partial charge in [0, 0.05) is 6.42 Å². The highest BCUT2D eigenvalue weighted by atomic mass is 16.4. The number of carboxylic acids is 1. The highest BCUT2D eigenvalue weighted by Gasteiger charge is 2.30. The number of aromatic hydroxyl groups is 1. The molecule has 1 aromatic carbocycles. The zero-order valence-electron chi connectivity index (χ0n) is 19.2. The van der Waals surface area contributed by atoms with Crippen LogP contribution < -0.4 is 21.7 Å². The molecule has 11 nitrogen and oxygen atoms in total. The molecule has 11 heteroatoms. The van der Waals surface area contributed by atoms with E-state index in [1.807, 2.05) is 13.8 Å². The number of carbonyl (C=O) groups excluding carboxylic acids is 3. The Morgan fingerprint density at radius 1 is 0.879 bits per heavy atom. The number of aliphatic hydroxyl groups excluding tert-OH is 1. The van der Waals surface area contributed by atoms with Crippen molar-refractivity contribution in [2.75, 3.05) is 0 Å². The smallest absolute Gasteiger partial charge is 0.326 e. The predicted octanol–water partition coefficient (Wildman–Crippen LogP) is -0.752. The predicted molar refractivity (Wildman–Crippen MR) is 120 cm³/mol. The summed E-state index contributed by atoms with van der Waals surface area (Å²) in [5.41, 5.74) is 6.14. The van der Waals surface area contributed by atoms with E-state index < -0.39 is 54.0 Å². The van der Waals surface area contributed by atoms with Gasteiger partial charge in [0.05, 0.1) is 6.10 Å². The van der Waals surface area contributed by atoms with E-state index >= 15 is 0 Å². The Labute approximate surface area is 192 Å². The van der Waals surface area contributed by atoms with Crippen molar-refractivity contribution in [1.82, 2.24) is 16.0 Å². The van der Waals surface area contributed by atoms with Crippen molar-refractivity contribution in [2.24, 2.45) is 11.7 Å². The lowest BCUT2D eigenvalue weighted by Crippen LogP contribution is -2.57. The van der Waals surface area contributed by atoms with Crippen LogP contribution in [0.15, 0.2) is 24.3 Å². The second kappa shape index (κ2) is 12.8. The number of benzene rings is 1. The van der Waals surface area contributed by atoms with E-state index in [-0.39, 0.29) is 24.5 Å². The number of phenolic OH excluding ortho intramolecular Hbond substituents is 1. The first kappa shape index (κ1) is 27.9. The number of phenols is 1. The van der Waals surface area contributed by atoms with Crippen molar-refractivity contribution in [3.63, 3.8) is 0 Å². The number of carbonyl (C=O) groups is 4. The highest BCUT2D eigenvalue weighted by Crippen LogP contribution is 2.12. The number of aliphatic carboxylic acids is 1. The quantitative estimate of drug-likeness (QED) is 0.209. The normalized spacial score (nSPS) is 15.6. The van der Waals surface area contributed by atoms with Crippen LogP contribution in [0.4, 0.5) is 0 Å². The van der Waals surface area contributed by atoms with Crippen LogP contribution in [0.1, 0.15) is 39.7 Å². The molecule has 1 rings (SSSR count). The molecule has 0 fully saturated rings. The molecule has 33 heavy (non-hydrogen) atoms. The average Bonchev–Trinajstić information content (AvgIpc) is 2.72. The Morgan fingerprint density at radius 3 is 1.91 bits per heavy atom. The Kier molecular flexibility index (Phi) is 10.8. The van der Waals surface area contributed by atoms with Gasteiger partial charge in [-0.25, -0.2) is 4.79 Å². The molecule has 1 aromatic rings. The molecular formula is C22H34N4O7. The summed E-state index contributed by atoms with van der Waals surface area (Å²) in [6.07, 6.45) is -0.897. The van der Waals surface area contributed by atoms with Gasteiger partial charge in [-0.05, 0) is 43.9 Å². The lowest BCUT2D eigenvalue weighted by Gasteiger charge is -2.25. The Morgan fingerprint density at radius 2 is 1.42 bits per heavy atom. The summed E-state index contributed by atoms with van der Waals surface area (Å²) >= 11 is 0. The zero-order chi connectivity index (χ0) is 25.3. The third-order valence-corrected chi connectivity index (χ3v) is 4.91. The van der Waals surface area contributed by atoms with Crippen molar-refractivity contribution in [3.05, 3.63) is 29.8 Å². The van der Waals surface area contributed by atoms with Crippen molar-refractivity contribution >= 4 is 23.7 Å². The van der Waals surface area contributed by atoms with Gasteiger partial charge in [-0.15, -0.1) is 0 Å². The fourth-order valence-corrected chi connectivity index (χ4v) is 2.93. The molecule has 0 aromatic heterocycles. The molecule has 0 bridgehead atoms. The second-order valence-corrected chi connectivity index (χ2v) is 8.46. The SMILES string of the molecule is CC(C)CC(NC(=O)C(C)NC(=O)C(N)C(C)O)C(=O)NC(Cc1ccc(O)cc1)C(=O)O. The molecule has 0 radical (unpaired) electrons. The van der Waals surface area contributed by atoms with Gasteiger partial charge in [0.2, 0.25) is 17.7 Å². The second-order valence-electron chi connectivity index (χ2n) is 8.46. The minimum absolute atomic E-state index is 0.00464. The van der Waals surface area contributed by atoms with Gasteiger partial charge in [-0.2, -0.15) is 0 Å². The maximum atomic E-state index is 12.8. The molecule has 3 amide bonds. The monoisotopic (exact) mass is 466 g/mol. The minimum atomic E-state index is -1.25. The summed E-state index contributed by atoms with van der Waals surface area (Å²) in [4.78, 5) is 49.1. The number of nitrogens with one attached hydrogen (secondary N) is 3. The minimum Gasteiger partial charge on any atom is -0.508 e. The van der Waals surface area contributed by atoms with Crippen LogP contribution in [0, 0.1) is 5.92 Å². The molecule has 184 valence electrons. The molecule has 0 saturated heterocycles. The third-order valence-electron chi connectivity index (χ3n) is 4.91. The van der Waals surface area contributed by atoms with Crippen LogP contribution in [-0.2, 0) is 25.6 Å². The van der Waals surface area contributed by atoms with E-state index in [1.165, 1.54) is 26.0 Å². The summed E-state index contributed by atoms with van der Waals surface area (Å²) in [5.74, 6) is -3.29. The lowest BCUT2D eigenvalue weighted by molar-refractivity contribution is -0.142. The third kappa shape index (κ3) is 9.46. The summed E-state index contributed by atoms with van der Waals surface area (Å²) < 4.78 is 0. The number of hydrogen-bond acceptors (Lipinski definition) is 7. The van der Waals surface area contributed by atoms with Crippen LogP contribution in [0.3, 0.4) is 0 Å². The van der Waals surface area contributed by atoms with Gasteiger partial charge in [0.1, 0.15) is 29.9 Å². The zero-order valence-corrected chi connectivity index (χ0v) is 19.2. The Bertz CT molecular complexity index is 827. The molecule has 0 saturated carbocycles. The maximum Gasteiger partial charge on any atom is 0.326 e. The van der Waals surface area contributed by atoms with Gasteiger partial charge in [0.25, 0.3) is 0 Å². The summed E-state index contributed by atoms with van der Waals surface area (Å²) in [6, 6.07) is 1.37. The van der Waals surface area contributed by atoms with Gasteiger partial charge in [0.15, 0.2) is 0 Å². The van der Waals surface area contributed by atoms with Crippen LogP contribution >= 0.6 is 0 Å². The van der Waals surface area contributed by atoms with E-state index in [2.05, 4.69) is 16.0 Å².